The van der Waals surface area contributed by atoms with E-state index in [0.717, 1.165) is 34.1 Å². The van der Waals surface area contributed by atoms with Crippen molar-refractivity contribution in [3.8, 4) is 111 Å². The van der Waals surface area contributed by atoms with Gasteiger partial charge in [-0.15, -0.1) is 0 Å². The quantitative estimate of drug-likeness (QED) is 0.121. The Morgan fingerprint density at radius 1 is 0.128 bits per heavy atom. The van der Waals surface area contributed by atoms with Crippen LogP contribution in [0.25, 0.3) is 111 Å². The van der Waals surface area contributed by atoms with E-state index in [1.165, 1.54) is 245 Å². The first-order valence-corrected chi connectivity index (χ1v) is 52.2. The van der Waals surface area contributed by atoms with Crippen molar-refractivity contribution in [3.63, 3.8) is 0 Å². The van der Waals surface area contributed by atoms with Crippen LogP contribution in [0.5, 0.6) is 0 Å². The van der Waals surface area contributed by atoms with E-state index in [1.807, 2.05) is 0 Å². The van der Waals surface area contributed by atoms with Gasteiger partial charge < -0.3 is 14.7 Å². The fourth-order valence-electron chi connectivity index (χ4n) is 26.7. The minimum Gasteiger partial charge on any atom is -0.310 e. The van der Waals surface area contributed by atoms with Gasteiger partial charge in [0, 0.05) is 56.2 Å². The fourth-order valence-corrected chi connectivity index (χ4v) is 26.7. The summed E-state index contributed by atoms with van der Waals surface area (Å²) in [5.74, 6) is 0. The highest BCUT2D eigenvalue weighted by Gasteiger charge is 2.56. The third kappa shape index (κ3) is 13.4. The third-order valence-corrected chi connectivity index (χ3v) is 33.2. The molecule has 0 aromatic heterocycles. The van der Waals surface area contributed by atoms with Gasteiger partial charge in [0.15, 0.2) is 0 Å². The number of hydrogen-bond acceptors (Lipinski definition) is 3. The normalized spacial score (nSPS) is 13.7. The number of rotatable bonds is 12. The zero-order valence-corrected chi connectivity index (χ0v) is 84.7. The Balaban J connectivity index is 0.000000110. The lowest BCUT2D eigenvalue weighted by Gasteiger charge is -2.31. The standard InChI is InChI=1S/C54H41N.C46H35N.C45H33N/c1-34-24-27-36(28-25-34)55(37-29-31-41-38-14-5-9-19-45(38)53(3,4)50(41)33-37)51-32-35(2)26-30-42(51)43-18-13-23-49-52(43)44-17-8-12-22-48(44)54(49)46-20-10-6-15-39(46)40-16-7-11-21-47(40)54;1-30-19-24-33(25-20-30)47(34-26-21-31(2)22-27-34)44-29-32(3)23-28-37(44)38-14-10-18-43-45(38)39-13-6-9-17-42(39)46(43)40-15-7-4-11-35(40)36-12-5-8-16-41(36)46;1-30-22-26-32(27-23-30)46(33-28-24-31(2)25-29-33)43-21-10-6-14-36(43)37-16-11-20-42-44(37)38-15-5-9-19-41(38)45(42)39-17-7-3-12-34(39)35-13-4-8-18-40(35)45/h5-33H,1-4H3;4-29H,1-3H3;3-29H,1-2H3. The molecule has 3 heteroatoms. The second-order valence-electron chi connectivity index (χ2n) is 42.0. The van der Waals surface area contributed by atoms with Gasteiger partial charge in [0.2, 0.25) is 0 Å². The summed E-state index contributed by atoms with van der Waals surface area (Å²) in [6, 6.07) is 186. The zero-order chi connectivity index (χ0) is 99.6. The Kier molecular flexibility index (Phi) is 20.9. The summed E-state index contributed by atoms with van der Waals surface area (Å²) >= 11 is 0. The number of para-hydroxylation sites is 1. The molecule has 22 aromatic carbocycles. The zero-order valence-electron chi connectivity index (χ0n) is 84.7. The van der Waals surface area contributed by atoms with Crippen molar-refractivity contribution in [1.82, 2.24) is 0 Å². The van der Waals surface area contributed by atoms with E-state index in [1.54, 1.807) is 0 Å². The number of benzene rings is 22. The molecule has 0 atom stereocenters. The molecule has 7 aliphatic rings. The molecule has 0 saturated carbocycles. The smallest absolute Gasteiger partial charge is 0.0725 e. The van der Waals surface area contributed by atoms with E-state index in [9.17, 15) is 0 Å². The number of anilines is 9. The highest BCUT2D eigenvalue weighted by atomic mass is 15.2. The average molecular weight is 1890 g/mol. The first-order valence-electron chi connectivity index (χ1n) is 52.2. The summed E-state index contributed by atoms with van der Waals surface area (Å²) in [5, 5.41) is 0. The van der Waals surface area contributed by atoms with Crippen molar-refractivity contribution in [2.75, 3.05) is 14.7 Å². The van der Waals surface area contributed by atoms with E-state index in [-0.39, 0.29) is 16.2 Å². The average Bonchev–Trinajstić information content (AvgIpc) is 1.51. The van der Waals surface area contributed by atoms with Gasteiger partial charge in [-0.25, -0.2) is 0 Å². The van der Waals surface area contributed by atoms with Crippen LogP contribution in [0.2, 0.25) is 0 Å². The molecule has 3 nitrogen and oxygen atoms in total. The van der Waals surface area contributed by atoms with Gasteiger partial charge in [0.1, 0.15) is 0 Å². The minimum atomic E-state index is -0.392. The molecule has 22 aromatic rings. The van der Waals surface area contributed by atoms with Crippen LogP contribution in [0, 0.1) is 48.5 Å². The van der Waals surface area contributed by atoms with Crippen LogP contribution >= 0.6 is 0 Å². The van der Waals surface area contributed by atoms with Crippen LogP contribution in [-0.4, -0.2) is 0 Å². The molecule has 0 fully saturated rings. The maximum Gasteiger partial charge on any atom is 0.0725 e. The monoisotopic (exact) mass is 1890 g/mol. The van der Waals surface area contributed by atoms with Gasteiger partial charge in [-0.05, 0) is 323 Å². The number of hydrogen-bond donors (Lipinski definition) is 0. The molecule has 0 saturated heterocycles. The lowest BCUT2D eigenvalue weighted by atomic mass is 9.70. The molecule has 0 radical (unpaired) electrons. The second kappa shape index (κ2) is 34.8. The van der Waals surface area contributed by atoms with Gasteiger partial charge >= 0.3 is 0 Å². The molecule has 0 bridgehead atoms. The third-order valence-electron chi connectivity index (χ3n) is 33.2. The van der Waals surface area contributed by atoms with Crippen molar-refractivity contribution in [3.05, 3.63) is 614 Å². The molecule has 3 spiro atoms. The van der Waals surface area contributed by atoms with Gasteiger partial charge in [-0.1, -0.05) is 448 Å². The van der Waals surface area contributed by atoms with Gasteiger partial charge in [0.05, 0.1) is 33.3 Å². The minimum absolute atomic E-state index is 0.109. The number of fused-ring (bicyclic) bond motifs is 33. The predicted molar refractivity (Wildman–Crippen MR) is 619 cm³/mol. The van der Waals surface area contributed by atoms with Crippen molar-refractivity contribution in [2.24, 2.45) is 0 Å². The molecule has 0 amide bonds. The Morgan fingerprint density at radius 3 is 0.615 bits per heavy atom. The highest BCUT2D eigenvalue weighted by molar-refractivity contribution is 6.08. The lowest BCUT2D eigenvalue weighted by molar-refractivity contribution is 0.660. The summed E-state index contributed by atoms with van der Waals surface area (Å²) in [6.07, 6.45) is 0. The summed E-state index contributed by atoms with van der Waals surface area (Å²) in [4.78, 5) is 7.33. The summed E-state index contributed by atoms with van der Waals surface area (Å²) in [6.45, 7) is 19.9. The summed E-state index contributed by atoms with van der Waals surface area (Å²) in [5.41, 5.74) is 63.0. The van der Waals surface area contributed by atoms with Crippen LogP contribution in [-0.2, 0) is 21.7 Å². The van der Waals surface area contributed by atoms with Crippen LogP contribution in [0.1, 0.15) is 131 Å². The van der Waals surface area contributed by atoms with Crippen molar-refractivity contribution >= 4 is 51.2 Å². The SMILES string of the molecule is Cc1ccc(N(c2ccc(C)cc2)c2cc(C)ccc2-c2cccc3c2-c2ccccc2C32c3ccccc3-c3ccccc32)cc1.Cc1ccc(N(c2ccc(C)cc2)c2ccccc2-c2cccc3c2-c2ccccc2C32c3ccccc3-c3ccccc32)cc1.Cc1ccc(N(c2ccc3c(c2)C(C)(C)c2ccccc2-3)c2cc(C)ccc2-c2cccc3c2-c2ccccc2C32c3ccccc3-c3ccccc32)cc1. The van der Waals surface area contributed by atoms with Crippen LogP contribution in [0.4, 0.5) is 51.2 Å². The summed E-state index contributed by atoms with van der Waals surface area (Å²) in [7, 11) is 0. The second-order valence-corrected chi connectivity index (χ2v) is 42.0. The Hall–Kier alpha value is -17.8. The van der Waals surface area contributed by atoms with Crippen molar-refractivity contribution in [1.29, 1.82) is 0 Å². The molecule has 0 aliphatic heterocycles. The van der Waals surface area contributed by atoms with Gasteiger partial charge in [-0.2, -0.15) is 0 Å². The fraction of sp³-hybridized carbons (Fsp3) is 0.0897. The van der Waals surface area contributed by atoms with Crippen LogP contribution < -0.4 is 14.7 Å². The first kappa shape index (κ1) is 89.1. The Bertz CT molecular complexity index is 8910. The predicted octanol–water partition coefficient (Wildman–Crippen LogP) is 38.0. The largest absolute Gasteiger partial charge is 0.310 e. The summed E-state index contributed by atoms with van der Waals surface area (Å²) < 4.78 is 0. The van der Waals surface area contributed by atoms with E-state index < -0.39 is 5.41 Å². The number of nitrogens with zero attached hydrogens (tertiary/aromatic N) is 3. The lowest BCUT2D eigenvalue weighted by Crippen LogP contribution is -2.25. The van der Waals surface area contributed by atoms with E-state index in [2.05, 4.69) is 574 Å². The molecule has 0 heterocycles. The van der Waals surface area contributed by atoms with Crippen molar-refractivity contribution in [2.45, 2.75) is 84.0 Å². The molecular formula is C145H109N3. The molecule has 29 rings (SSSR count). The highest BCUT2D eigenvalue weighted by Crippen LogP contribution is 2.69. The van der Waals surface area contributed by atoms with Gasteiger partial charge in [-0.3, -0.25) is 0 Å². The Morgan fingerprint density at radius 2 is 0.318 bits per heavy atom. The topological polar surface area (TPSA) is 9.72 Å². The maximum absolute atomic E-state index is 2.50. The first-order chi connectivity index (χ1) is 72.6. The van der Waals surface area contributed by atoms with E-state index in [4.69, 9.17) is 0 Å². The van der Waals surface area contributed by atoms with Crippen LogP contribution in [0.15, 0.2) is 497 Å². The van der Waals surface area contributed by atoms with Crippen LogP contribution in [0.3, 0.4) is 0 Å². The molecule has 7 aliphatic carbocycles. The number of aryl methyl sites for hydroxylation is 7. The van der Waals surface area contributed by atoms with Crippen molar-refractivity contribution < 1.29 is 0 Å². The molecular weight excluding hydrogens is 1780 g/mol. The molecule has 148 heavy (non-hydrogen) atoms. The van der Waals surface area contributed by atoms with E-state index in [0.29, 0.717) is 0 Å². The van der Waals surface area contributed by atoms with E-state index >= 15 is 0 Å². The van der Waals surface area contributed by atoms with Gasteiger partial charge in [0.25, 0.3) is 0 Å². The molecule has 0 N–H and O–H groups in total. The Labute approximate surface area is 869 Å². The molecule has 0 unspecified atom stereocenters. The maximum atomic E-state index is 2.50. The molecule has 704 valence electrons.